The first-order chi connectivity index (χ1) is 6.90. The Labute approximate surface area is 88.1 Å². The Bertz CT molecular complexity index is 158. The van der Waals surface area contributed by atoms with Crippen molar-refractivity contribution in [2.75, 3.05) is 19.6 Å². The van der Waals surface area contributed by atoms with Gasteiger partial charge in [0.05, 0.1) is 0 Å². The maximum Gasteiger partial charge on any atom is 0.00952 e. The molecule has 2 rings (SSSR count). The van der Waals surface area contributed by atoms with E-state index in [0.717, 1.165) is 12.1 Å². The van der Waals surface area contributed by atoms with Crippen LogP contribution < -0.4 is 5.32 Å². The van der Waals surface area contributed by atoms with Gasteiger partial charge in [0, 0.05) is 12.1 Å². The first-order valence-corrected chi connectivity index (χ1v) is 6.37. The summed E-state index contributed by atoms with van der Waals surface area (Å²) < 4.78 is 0. The van der Waals surface area contributed by atoms with Crippen LogP contribution in [0.2, 0.25) is 0 Å². The summed E-state index contributed by atoms with van der Waals surface area (Å²) in [5, 5.41) is 3.64. The van der Waals surface area contributed by atoms with Crippen LogP contribution in [-0.4, -0.2) is 36.6 Å². The van der Waals surface area contributed by atoms with Gasteiger partial charge in [-0.15, -0.1) is 0 Å². The van der Waals surface area contributed by atoms with Gasteiger partial charge in [-0.2, -0.15) is 0 Å². The molecule has 0 bridgehead atoms. The number of hydrogen-bond donors (Lipinski definition) is 1. The van der Waals surface area contributed by atoms with Gasteiger partial charge >= 0.3 is 0 Å². The normalized spacial score (nSPS) is 26.4. The summed E-state index contributed by atoms with van der Waals surface area (Å²) >= 11 is 0. The largest absolute Gasteiger partial charge is 0.314 e. The molecule has 1 saturated carbocycles. The third-order valence-electron chi connectivity index (χ3n) is 3.80. The Hall–Kier alpha value is -0.0800. The highest BCUT2D eigenvalue weighted by molar-refractivity contribution is 4.85. The quantitative estimate of drug-likeness (QED) is 0.740. The number of rotatable bonds is 4. The number of nitrogens with zero attached hydrogens (tertiary/aromatic N) is 1. The van der Waals surface area contributed by atoms with Crippen LogP contribution in [0.15, 0.2) is 0 Å². The van der Waals surface area contributed by atoms with E-state index in [-0.39, 0.29) is 0 Å². The van der Waals surface area contributed by atoms with Crippen LogP contribution in [0, 0.1) is 0 Å². The van der Waals surface area contributed by atoms with Gasteiger partial charge in [-0.05, 0) is 51.7 Å². The van der Waals surface area contributed by atoms with Crippen LogP contribution in [0.5, 0.6) is 0 Å². The monoisotopic (exact) mass is 196 g/mol. The average Bonchev–Trinajstić information content (AvgIpc) is 2.14. The van der Waals surface area contributed by atoms with Crippen molar-refractivity contribution in [2.45, 2.75) is 57.5 Å². The van der Waals surface area contributed by atoms with Crippen molar-refractivity contribution >= 4 is 0 Å². The van der Waals surface area contributed by atoms with Crippen molar-refractivity contribution < 1.29 is 0 Å². The molecule has 0 unspecified atom stereocenters. The zero-order chi connectivity index (χ0) is 9.80. The van der Waals surface area contributed by atoms with Crippen molar-refractivity contribution in [3.8, 4) is 0 Å². The summed E-state index contributed by atoms with van der Waals surface area (Å²) in [5.74, 6) is 0. The Balaban J connectivity index is 1.64. The number of hydrogen-bond acceptors (Lipinski definition) is 2. The second-order valence-corrected chi connectivity index (χ2v) is 4.85. The fraction of sp³-hybridized carbons (Fsp3) is 1.00. The van der Waals surface area contributed by atoms with Crippen LogP contribution in [-0.2, 0) is 0 Å². The van der Waals surface area contributed by atoms with Crippen molar-refractivity contribution in [3.05, 3.63) is 0 Å². The summed E-state index contributed by atoms with van der Waals surface area (Å²) in [6, 6.07) is 1.77. The summed E-state index contributed by atoms with van der Waals surface area (Å²) in [4.78, 5) is 2.72. The standard InChI is InChI=1S/C12H24N2/c1-2-8-13-11-6-9-14(10-7-11)12-4-3-5-12/h11-13H,2-10H2,1H3. The molecule has 1 aliphatic heterocycles. The van der Waals surface area contributed by atoms with Gasteiger partial charge in [-0.1, -0.05) is 13.3 Å². The third kappa shape index (κ3) is 2.48. The molecule has 2 nitrogen and oxygen atoms in total. The summed E-state index contributed by atoms with van der Waals surface area (Å²) in [6.07, 6.45) is 8.41. The van der Waals surface area contributed by atoms with E-state index in [1.54, 1.807) is 0 Å². The minimum atomic E-state index is 0.811. The average molecular weight is 196 g/mol. The highest BCUT2D eigenvalue weighted by Gasteiger charge is 2.28. The molecular formula is C12H24N2. The van der Waals surface area contributed by atoms with Gasteiger partial charge in [0.25, 0.3) is 0 Å². The molecule has 14 heavy (non-hydrogen) atoms. The van der Waals surface area contributed by atoms with Gasteiger partial charge in [0.1, 0.15) is 0 Å². The van der Waals surface area contributed by atoms with Crippen LogP contribution in [0.1, 0.15) is 45.4 Å². The zero-order valence-corrected chi connectivity index (χ0v) is 9.47. The lowest BCUT2D eigenvalue weighted by Crippen LogP contribution is -2.48. The lowest BCUT2D eigenvalue weighted by molar-refractivity contribution is 0.0925. The SMILES string of the molecule is CCCNC1CCN(C2CCC2)CC1. The number of nitrogens with one attached hydrogen (secondary N) is 1. The van der Waals surface area contributed by atoms with Crippen molar-refractivity contribution in [1.29, 1.82) is 0 Å². The van der Waals surface area contributed by atoms with Gasteiger partial charge in [-0.25, -0.2) is 0 Å². The van der Waals surface area contributed by atoms with Gasteiger partial charge < -0.3 is 10.2 Å². The van der Waals surface area contributed by atoms with E-state index < -0.39 is 0 Å². The fourth-order valence-corrected chi connectivity index (χ4v) is 2.57. The molecule has 2 aliphatic rings. The van der Waals surface area contributed by atoms with Crippen molar-refractivity contribution in [3.63, 3.8) is 0 Å². The molecule has 1 N–H and O–H groups in total. The first kappa shape index (κ1) is 10.4. The summed E-state index contributed by atoms with van der Waals surface area (Å²) in [5.41, 5.74) is 0. The van der Waals surface area contributed by atoms with Crippen molar-refractivity contribution in [2.24, 2.45) is 0 Å². The maximum absolute atomic E-state index is 3.64. The van der Waals surface area contributed by atoms with Crippen molar-refractivity contribution in [1.82, 2.24) is 10.2 Å². The molecule has 0 aromatic carbocycles. The topological polar surface area (TPSA) is 15.3 Å². The van der Waals surface area contributed by atoms with E-state index in [1.165, 1.54) is 58.2 Å². The summed E-state index contributed by atoms with van der Waals surface area (Å²) in [7, 11) is 0. The maximum atomic E-state index is 3.64. The molecule has 1 saturated heterocycles. The summed E-state index contributed by atoms with van der Waals surface area (Å²) in [6.45, 7) is 6.13. The van der Waals surface area contributed by atoms with Crippen LogP contribution in [0.4, 0.5) is 0 Å². The molecular weight excluding hydrogens is 172 g/mol. The number of piperidine rings is 1. The molecule has 2 heteroatoms. The van der Waals surface area contributed by atoms with E-state index in [1.807, 2.05) is 0 Å². The molecule has 0 aromatic heterocycles. The Morgan fingerprint density at radius 1 is 1.14 bits per heavy atom. The molecule has 0 radical (unpaired) electrons. The second-order valence-electron chi connectivity index (χ2n) is 4.85. The van der Waals surface area contributed by atoms with E-state index in [2.05, 4.69) is 17.1 Å². The van der Waals surface area contributed by atoms with E-state index in [9.17, 15) is 0 Å². The Morgan fingerprint density at radius 2 is 1.86 bits per heavy atom. The molecule has 1 heterocycles. The Kier molecular flexibility index (Phi) is 3.82. The molecule has 0 atom stereocenters. The number of likely N-dealkylation sites (tertiary alicyclic amines) is 1. The minimum Gasteiger partial charge on any atom is -0.314 e. The lowest BCUT2D eigenvalue weighted by Gasteiger charge is -2.42. The highest BCUT2D eigenvalue weighted by atomic mass is 15.2. The molecule has 1 aliphatic carbocycles. The highest BCUT2D eigenvalue weighted by Crippen LogP contribution is 2.27. The van der Waals surface area contributed by atoms with E-state index in [4.69, 9.17) is 0 Å². The second kappa shape index (κ2) is 5.13. The van der Waals surface area contributed by atoms with Crippen LogP contribution in [0.3, 0.4) is 0 Å². The Morgan fingerprint density at radius 3 is 2.36 bits per heavy atom. The molecule has 0 spiro atoms. The first-order valence-electron chi connectivity index (χ1n) is 6.37. The van der Waals surface area contributed by atoms with E-state index in [0.29, 0.717) is 0 Å². The van der Waals surface area contributed by atoms with Crippen LogP contribution >= 0.6 is 0 Å². The zero-order valence-electron chi connectivity index (χ0n) is 9.47. The van der Waals surface area contributed by atoms with Crippen LogP contribution in [0.25, 0.3) is 0 Å². The third-order valence-corrected chi connectivity index (χ3v) is 3.80. The molecule has 0 amide bonds. The smallest absolute Gasteiger partial charge is 0.00952 e. The van der Waals surface area contributed by atoms with E-state index >= 15 is 0 Å². The molecule has 2 fully saturated rings. The van der Waals surface area contributed by atoms with Gasteiger partial charge in [0.2, 0.25) is 0 Å². The molecule has 82 valence electrons. The van der Waals surface area contributed by atoms with Gasteiger partial charge in [-0.3, -0.25) is 0 Å². The minimum absolute atomic E-state index is 0.811. The lowest BCUT2D eigenvalue weighted by atomic mass is 9.89. The molecule has 0 aromatic rings. The van der Waals surface area contributed by atoms with Gasteiger partial charge in [0.15, 0.2) is 0 Å². The fourth-order valence-electron chi connectivity index (χ4n) is 2.57. The predicted molar refractivity (Wildman–Crippen MR) is 60.5 cm³/mol. The predicted octanol–water partition coefficient (Wildman–Crippen LogP) is 2.00.